The Balaban J connectivity index is 2.22. The fourth-order valence-electron chi connectivity index (χ4n) is 1.54. The number of carboxylic acid groups (broad SMARTS) is 1. The van der Waals surface area contributed by atoms with Gasteiger partial charge in [0.2, 0.25) is 5.91 Å². The lowest BCUT2D eigenvalue weighted by Gasteiger charge is -2.13. The van der Waals surface area contributed by atoms with Crippen LogP contribution in [0.3, 0.4) is 0 Å². The van der Waals surface area contributed by atoms with E-state index in [2.05, 4.69) is 10.2 Å². The fourth-order valence-corrected chi connectivity index (χ4v) is 1.54. The van der Waals surface area contributed by atoms with Gasteiger partial charge in [-0.2, -0.15) is 0 Å². The maximum atomic E-state index is 11.5. The van der Waals surface area contributed by atoms with E-state index in [1.165, 1.54) is 17.0 Å². The van der Waals surface area contributed by atoms with E-state index in [9.17, 15) is 9.59 Å². The highest BCUT2D eigenvalue weighted by molar-refractivity contribution is 5.95. The van der Waals surface area contributed by atoms with Crippen LogP contribution in [0.4, 0.5) is 5.82 Å². The molecule has 84 valence electrons. The van der Waals surface area contributed by atoms with Crippen LogP contribution in [0.1, 0.15) is 16.9 Å². The Morgan fingerprint density at radius 3 is 2.69 bits per heavy atom. The number of amides is 1. The summed E-state index contributed by atoms with van der Waals surface area (Å²) in [5.74, 6) is -0.934. The molecule has 1 amide bonds. The zero-order chi connectivity index (χ0) is 11.7. The van der Waals surface area contributed by atoms with Crippen molar-refractivity contribution in [2.75, 3.05) is 11.4 Å². The van der Waals surface area contributed by atoms with E-state index in [0.29, 0.717) is 12.4 Å². The molecule has 1 unspecified atom stereocenters. The average Bonchev–Trinajstić information content (AvgIpc) is 2.58. The molecule has 0 radical (unpaired) electrons. The van der Waals surface area contributed by atoms with Gasteiger partial charge >= 0.3 is 5.97 Å². The molecule has 0 bridgehead atoms. The van der Waals surface area contributed by atoms with Crippen molar-refractivity contribution < 1.29 is 14.7 Å². The molecule has 1 fully saturated rings. The lowest BCUT2D eigenvalue weighted by molar-refractivity contribution is -0.117. The average molecular weight is 222 g/mol. The van der Waals surface area contributed by atoms with Gasteiger partial charge < -0.3 is 10.8 Å². The third-order valence-electron chi connectivity index (χ3n) is 2.30. The summed E-state index contributed by atoms with van der Waals surface area (Å²) in [5, 5.41) is 15.8. The molecule has 1 saturated heterocycles. The monoisotopic (exact) mass is 222 g/mol. The third-order valence-corrected chi connectivity index (χ3v) is 2.30. The van der Waals surface area contributed by atoms with Gasteiger partial charge in [-0.3, -0.25) is 9.69 Å². The van der Waals surface area contributed by atoms with Crippen molar-refractivity contribution in [1.29, 1.82) is 0 Å². The van der Waals surface area contributed by atoms with Gasteiger partial charge in [0.05, 0.1) is 0 Å². The van der Waals surface area contributed by atoms with E-state index < -0.39 is 5.97 Å². The van der Waals surface area contributed by atoms with E-state index in [1.54, 1.807) is 0 Å². The van der Waals surface area contributed by atoms with Crippen LogP contribution in [0, 0.1) is 0 Å². The molecule has 3 N–H and O–H groups in total. The number of aromatic carboxylic acids is 1. The van der Waals surface area contributed by atoms with Crippen LogP contribution >= 0.6 is 0 Å². The minimum atomic E-state index is -1.15. The normalized spacial score (nSPS) is 20.2. The Labute approximate surface area is 90.9 Å². The number of carbonyl (C=O) groups excluding carboxylic acids is 1. The molecule has 1 atom stereocenters. The van der Waals surface area contributed by atoms with Crippen molar-refractivity contribution in [1.82, 2.24) is 10.2 Å². The van der Waals surface area contributed by atoms with E-state index >= 15 is 0 Å². The summed E-state index contributed by atoms with van der Waals surface area (Å²) in [5.41, 5.74) is 5.47. The highest BCUT2D eigenvalue weighted by atomic mass is 16.4. The summed E-state index contributed by atoms with van der Waals surface area (Å²) < 4.78 is 0. The smallest absolute Gasteiger partial charge is 0.356 e. The molecule has 0 saturated carbocycles. The van der Waals surface area contributed by atoms with Crippen molar-refractivity contribution in [3.8, 4) is 0 Å². The molecule has 7 heteroatoms. The molecule has 0 spiro atoms. The summed E-state index contributed by atoms with van der Waals surface area (Å²) in [6, 6.07) is 2.56. The van der Waals surface area contributed by atoms with Gasteiger partial charge in [0.15, 0.2) is 11.5 Å². The van der Waals surface area contributed by atoms with Crippen molar-refractivity contribution in [2.45, 2.75) is 12.5 Å². The highest BCUT2D eigenvalue weighted by Crippen LogP contribution is 2.17. The molecular formula is C9H10N4O3. The van der Waals surface area contributed by atoms with Crippen molar-refractivity contribution >= 4 is 17.7 Å². The molecule has 2 rings (SSSR count). The number of nitrogens with zero attached hydrogens (tertiary/aromatic N) is 3. The van der Waals surface area contributed by atoms with E-state index in [4.69, 9.17) is 10.8 Å². The zero-order valence-electron chi connectivity index (χ0n) is 8.33. The van der Waals surface area contributed by atoms with Gasteiger partial charge in [-0.15, -0.1) is 10.2 Å². The van der Waals surface area contributed by atoms with Crippen LogP contribution in [-0.4, -0.2) is 39.8 Å². The first-order chi connectivity index (χ1) is 7.58. The molecule has 16 heavy (non-hydrogen) atoms. The predicted octanol–water partition coefficient (Wildman–Crippen LogP) is -0.761. The third kappa shape index (κ3) is 1.84. The van der Waals surface area contributed by atoms with E-state index in [-0.39, 0.29) is 24.1 Å². The first kappa shape index (κ1) is 10.5. The lowest BCUT2D eigenvalue weighted by Crippen LogP contribution is -2.29. The van der Waals surface area contributed by atoms with Crippen LogP contribution in [-0.2, 0) is 4.79 Å². The Hall–Kier alpha value is -2.02. The molecular weight excluding hydrogens is 212 g/mol. The van der Waals surface area contributed by atoms with Crippen LogP contribution in [0.5, 0.6) is 0 Å². The maximum absolute atomic E-state index is 11.5. The summed E-state index contributed by atoms with van der Waals surface area (Å²) >= 11 is 0. The molecule has 1 aromatic rings. The van der Waals surface area contributed by atoms with Gasteiger partial charge in [-0.25, -0.2) is 4.79 Å². The van der Waals surface area contributed by atoms with Crippen molar-refractivity contribution in [2.24, 2.45) is 5.73 Å². The molecule has 1 aliphatic rings. The van der Waals surface area contributed by atoms with Gasteiger partial charge in [-0.05, 0) is 12.1 Å². The number of rotatable bonds is 2. The number of carboxylic acids is 1. The van der Waals surface area contributed by atoms with Gasteiger partial charge in [-0.1, -0.05) is 0 Å². The van der Waals surface area contributed by atoms with E-state index in [1.807, 2.05) is 0 Å². The Bertz CT molecular complexity index is 431. The highest BCUT2D eigenvalue weighted by Gasteiger charge is 2.29. The minimum Gasteiger partial charge on any atom is -0.476 e. The van der Waals surface area contributed by atoms with Crippen molar-refractivity contribution in [3.05, 3.63) is 17.8 Å². The predicted molar refractivity (Wildman–Crippen MR) is 53.9 cm³/mol. The lowest BCUT2D eigenvalue weighted by atomic mass is 10.3. The van der Waals surface area contributed by atoms with Crippen LogP contribution in [0.2, 0.25) is 0 Å². The largest absolute Gasteiger partial charge is 0.476 e. The summed E-state index contributed by atoms with van der Waals surface area (Å²) in [6.07, 6.45) is 0.280. The molecule has 0 aliphatic carbocycles. The Kier molecular flexibility index (Phi) is 2.53. The summed E-state index contributed by atoms with van der Waals surface area (Å²) in [4.78, 5) is 23.4. The van der Waals surface area contributed by atoms with Gasteiger partial charge in [0.25, 0.3) is 0 Å². The second-order valence-electron chi connectivity index (χ2n) is 3.55. The minimum absolute atomic E-state index is 0.120. The van der Waals surface area contributed by atoms with Gasteiger partial charge in [0.1, 0.15) is 0 Å². The number of aromatic nitrogens is 2. The summed E-state index contributed by atoms with van der Waals surface area (Å²) in [6.45, 7) is 0.389. The first-order valence-electron chi connectivity index (χ1n) is 4.71. The number of anilines is 1. The van der Waals surface area contributed by atoms with Crippen molar-refractivity contribution in [3.63, 3.8) is 0 Å². The number of hydrogen-bond acceptors (Lipinski definition) is 5. The Morgan fingerprint density at radius 1 is 1.50 bits per heavy atom. The van der Waals surface area contributed by atoms with Crippen LogP contribution in [0.25, 0.3) is 0 Å². The van der Waals surface area contributed by atoms with Crippen LogP contribution in [0.15, 0.2) is 12.1 Å². The van der Waals surface area contributed by atoms with Gasteiger partial charge in [0, 0.05) is 19.0 Å². The second kappa shape index (κ2) is 3.86. The molecule has 1 aromatic heterocycles. The summed E-state index contributed by atoms with van der Waals surface area (Å²) in [7, 11) is 0. The van der Waals surface area contributed by atoms with Crippen LogP contribution < -0.4 is 10.6 Å². The molecule has 2 heterocycles. The molecule has 7 nitrogen and oxygen atoms in total. The Morgan fingerprint density at radius 2 is 2.25 bits per heavy atom. The molecule has 1 aliphatic heterocycles. The number of carbonyl (C=O) groups is 2. The maximum Gasteiger partial charge on any atom is 0.356 e. The first-order valence-corrected chi connectivity index (χ1v) is 4.71. The second-order valence-corrected chi connectivity index (χ2v) is 3.55. The standard InChI is InChI=1S/C9H10N4O3/c10-5-3-8(14)13(4-5)7-2-1-6(9(15)16)11-12-7/h1-2,5H,3-4,10H2,(H,15,16). The number of hydrogen-bond donors (Lipinski definition) is 2. The SMILES string of the molecule is NC1CC(=O)N(c2ccc(C(=O)O)nn2)C1. The van der Waals surface area contributed by atoms with E-state index in [0.717, 1.165) is 0 Å². The zero-order valence-corrected chi connectivity index (χ0v) is 8.33. The quantitative estimate of drug-likeness (QED) is 0.680. The topological polar surface area (TPSA) is 109 Å². The fraction of sp³-hybridized carbons (Fsp3) is 0.333. The molecule has 0 aromatic carbocycles. The number of nitrogens with two attached hydrogens (primary N) is 1.